The Labute approximate surface area is 142 Å². The number of nitrogens with zero attached hydrogens (tertiary/aromatic N) is 1. The molecule has 3 amide bonds. The Bertz CT molecular complexity index is 826. The molecule has 2 rings (SSSR count). The summed E-state index contributed by atoms with van der Waals surface area (Å²) in [5.74, 6) is -1.96. The Morgan fingerprint density at radius 2 is 1.88 bits per heavy atom. The van der Waals surface area contributed by atoms with Crippen LogP contribution in [0.5, 0.6) is 0 Å². The van der Waals surface area contributed by atoms with Gasteiger partial charge in [0.25, 0.3) is 5.91 Å². The van der Waals surface area contributed by atoms with Crippen LogP contribution < -0.4 is 10.6 Å². The minimum atomic E-state index is -0.750. The van der Waals surface area contributed by atoms with E-state index in [1.54, 1.807) is 24.3 Å². The molecule has 25 heavy (non-hydrogen) atoms. The van der Waals surface area contributed by atoms with Crippen LogP contribution in [0.2, 0.25) is 0 Å². The number of nitrogens with one attached hydrogen (secondary N) is 2. The van der Waals surface area contributed by atoms with Gasteiger partial charge in [-0.1, -0.05) is 18.2 Å². The molecule has 2 N–H and O–H groups in total. The van der Waals surface area contributed by atoms with E-state index >= 15 is 0 Å². The van der Waals surface area contributed by atoms with Crippen molar-refractivity contribution in [1.82, 2.24) is 15.2 Å². The number of esters is 2. The molecule has 0 atom stereocenters. The maximum Gasteiger partial charge on any atom is 0.340 e. The average molecular weight is 347 g/mol. The molecule has 0 aliphatic heterocycles. The number of hydrogen-bond acceptors (Lipinski definition) is 6. The van der Waals surface area contributed by atoms with Crippen molar-refractivity contribution in [2.24, 2.45) is 0 Å². The zero-order valence-corrected chi connectivity index (χ0v) is 13.7. The molecule has 0 radical (unpaired) electrons. The summed E-state index contributed by atoms with van der Waals surface area (Å²) in [5, 5.41) is 4.81. The van der Waals surface area contributed by atoms with Gasteiger partial charge in [0.15, 0.2) is 6.61 Å². The average Bonchev–Trinajstić information content (AvgIpc) is 2.98. The lowest BCUT2D eigenvalue weighted by Crippen LogP contribution is -2.39. The number of ether oxygens (including phenoxy) is 2. The van der Waals surface area contributed by atoms with Crippen LogP contribution in [0.4, 0.5) is 4.79 Å². The number of carbonyl (C=O) groups is 4. The Morgan fingerprint density at radius 1 is 1.16 bits per heavy atom. The van der Waals surface area contributed by atoms with Crippen LogP contribution in [0.3, 0.4) is 0 Å². The van der Waals surface area contributed by atoms with Crippen LogP contribution >= 0.6 is 0 Å². The molecule has 0 saturated carbocycles. The first-order valence-corrected chi connectivity index (χ1v) is 7.29. The number of imide groups is 1. The summed E-state index contributed by atoms with van der Waals surface area (Å²) >= 11 is 0. The number of rotatable bonds is 5. The van der Waals surface area contributed by atoms with Gasteiger partial charge in [0.1, 0.15) is 6.54 Å². The fraction of sp³-hybridized carbons (Fsp3) is 0.250. The number of para-hydroxylation sites is 1. The summed E-state index contributed by atoms with van der Waals surface area (Å²) in [4.78, 5) is 46.1. The van der Waals surface area contributed by atoms with E-state index in [4.69, 9.17) is 9.47 Å². The van der Waals surface area contributed by atoms with E-state index in [2.05, 4.69) is 5.32 Å². The van der Waals surface area contributed by atoms with Crippen molar-refractivity contribution in [2.45, 2.75) is 6.54 Å². The van der Waals surface area contributed by atoms with Crippen molar-refractivity contribution < 1.29 is 28.7 Å². The summed E-state index contributed by atoms with van der Waals surface area (Å²) in [7, 11) is 2.62. The van der Waals surface area contributed by atoms with E-state index < -0.39 is 30.5 Å². The molecular formula is C16H17N3O6. The number of fused-ring (bicyclic) bond motifs is 1. The first-order valence-electron chi connectivity index (χ1n) is 7.29. The number of aromatic nitrogens is 1. The number of amides is 3. The zero-order chi connectivity index (χ0) is 18.4. The number of urea groups is 1. The van der Waals surface area contributed by atoms with E-state index in [-0.39, 0.29) is 6.54 Å². The quantitative estimate of drug-likeness (QED) is 0.758. The van der Waals surface area contributed by atoms with Crippen LogP contribution in [0.1, 0.15) is 10.4 Å². The van der Waals surface area contributed by atoms with Gasteiger partial charge in [-0.3, -0.25) is 14.9 Å². The molecule has 0 fully saturated rings. The van der Waals surface area contributed by atoms with E-state index in [1.807, 2.05) is 5.32 Å². The minimum Gasteiger partial charge on any atom is -0.465 e. The molecule has 0 aliphatic rings. The number of carbonyl (C=O) groups excluding carboxylic acids is 4. The van der Waals surface area contributed by atoms with Crippen molar-refractivity contribution in [1.29, 1.82) is 0 Å². The van der Waals surface area contributed by atoms with E-state index in [0.717, 1.165) is 0 Å². The maximum absolute atomic E-state index is 11.9. The lowest BCUT2D eigenvalue weighted by Gasteiger charge is -2.07. The molecule has 9 nitrogen and oxygen atoms in total. The van der Waals surface area contributed by atoms with Crippen molar-refractivity contribution in [3.05, 3.63) is 36.0 Å². The van der Waals surface area contributed by atoms with Gasteiger partial charge < -0.3 is 19.4 Å². The van der Waals surface area contributed by atoms with Crippen LogP contribution in [0.15, 0.2) is 30.5 Å². The van der Waals surface area contributed by atoms with Gasteiger partial charge in [0, 0.05) is 24.1 Å². The van der Waals surface area contributed by atoms with Crippen LogP contribution in [0, 0.1) is 0 Å². The smallest absolute Gasteiger partial charge is 0.340 e. The second kappa shape index (κ2) is 7.95. The zero-order valence-electron chi connectivity index (χ0n) is 13.7. The molecule has 0 saturated heterocycles. The van der Waals surface area contributed by atoms with Crippen LogP contribution in [-0.4, -0.2) is 49.2 Å². The van der Waals surface area contributed by atoms with Crippen molar-refractivity contribution >= 4 is 34.8 Å². The van der Waals surface area contributed by atoms with Gasteiger partial charge in [-0.2, -0.15) is 0 Å². The van der Waals surface area contributed by atoms with Gasteiger partial charge in [0.05, 0.1) is 12.7 Å². The third kappa shape index (κ3) is 4.34. The van der Waals surface area contributed by atoms with Crippen molar-refractivity contribution in [3.63, 3.8) is 0 Å². The van der Waals surface area contributed by atoms with Gasteiger partial charge >= 0.3 is 18.0 Å². The largest absolute Gasteiger partial charge is 0.465 e. The highest BCUT2D eigenvalue weighted by Gasteiger charge is 2.17. The Balaban J connectivity index is 2.07. The lowest BCUT2D eigenvalue weighted by atomic mass is 10.2. The molecule has 2 aromatic rings. The fourth-order valence-electron chi connectivity index (χ4n) is 2.21. The number of methoxy groups -OCH3 is 1. The molecule has 1 aromatic heterocycles. The molecule has 9 heteroatoms. The summed E-state index contributed by atoms with van der Waals surface area (Å²) in [6, 6.07) is 6.32. The Kier molecular flexibility index (Phi) is 5.72. The number of hydrogen-bond donors (Lipinski definition) is 2. The predicted octanol–water partition coefficient (Wildman–Crippen LogP) is 0.427. The third-order valence-electron chi connectivity index (χ3n) is 3.34. The first-order chi connectivity index (χ1) is 12.0. The third-order valence-corrected chi connectivity index (χ3v) is 3.34. The highest BCUT2D eigenvalue weighted by atomic mass is 16.5. The summed E-state index contributed by atoms with van der Waals surface area (Å²) in [6.07, 6.45) is 1.49. The van der Waals surface area contributed by atoms with E-state index in [1.165, 1.54) is 24.9 Å². The van der Waals surface area contributed by atoms with Gasteiger partial charge in [-0.25, -0.2) is 9.59 Å². The minimum absolute atomic E-state index is 0.204. The molecular weight excluding hydrogens is 330 g/mol. The lowest BCUT2D eigenvalue weighted by molar-refractivity contribution is -0.148. The van der Waals surface area contributed by atoms with Gasteiger partial charge in [-0.15, -0.1) is 0 Å². The first kappa shape index (κ1) is 18.0. The predicted molar refractivity (Wildman–Crippen MR) is 86.8 cm³/mol. The van der Waals surface area contributed by atoms with Gasteiger partial charge in [-0.05, 0) is 6.07 Å². The number of benzene rings is 1. The summed E-state index contributed by atoms with van der Waals surface area (Å²) in [6.45, 7) is -0.792. The monoisotopic (exact) mass is 347 g/mol. The molecule has 0 spiro atoms. The van der Waals surface area contributed by atoms with Crippen molar-refractivity contribution in [2.75, 3.05) is 20.8 Å². The molecule has 1 aromatic carbocycles. The summed E-state index contributed by atoms with van der Waals surface area (Å²) < 4.78 is 11.1. The normalized spacial score (nSPS) is 10.2. The highest BCUT2D eigenvalue weighted by Crippen LogP contribution is 2.22. The van der Waals surface area contributed by atoms with Gasteiger partial charge in [0.2, 0.25) is 0 Å². The second-order valence-electron chi connectivity index (χ2n) is 4.97. The topological polar surface area (TPSA) is 116 Å². The van der Waals surface area contributed by atoms with E-state index in [9.17, 15) is 19.2 Å². The fourth-order valence-corrected chi connectivity index (χ4v) is 2.21. The Hall–Kier alpha value is -3.36. The molecule has 0 aliphatic carbocycles. The summed E-state index contributed by atoms with van der Waals surface area (Å²) in [5.41, 5.74) is 0.970. The Morgan fingerprint density at radius 3 is 2.56 bits per heavy atom. The van der Waals surface area contributed by atoms with E-state index in [0.29, 0.717) is 16.5 Å². The molecule has 1 heterocycles. The van der Waals surface area contributed by atoms with Crippen molar-refractivity contribution in [3.8, 4) is 0 Å². The SMILES string of the molecule is CNC(=O)NC(=O)COC(=O)Cn1cc(C(=O)OC)c2ccccc21. The standard InChI is InChI=1S/C16H17N3O6/c1-17-16(23)18-13(20)9-25-14(21)8-19-7-11(15(22)24-2)10-5-3-4-6-12(10)19/h3-7H,8-9H2,1-2H3,(H2,17,18,20,23). The highest BCUT2D eigenvalue weighted by molar-refractivity contribution is 6.04. The second-order valence-corrected chi connectivity index (χ2v) is 4.97. The molecule has 132 valence electrons. The molecule has 0 bridgehead atoms. The molecule has 0 unspecified atom stereocenters. The van der Waals surface area contributed by atoms with Crippen LogP contribution in [-0.2, 0) is 25.6 Å². The maximum atomic E-state index is 11.9. The van der Waals surface area contributed by atoms with Crippen LogP contribution in [0.25, 0.3) is 10.9 Å².